The molecule has 13 heavy (non-hydrogen) atoms. The highest BCUT2D eigenvalue weighted by Gasteiger charge is 2.36. The molecule has 0 amide bonds. The highest BCUT2D eigenvalue weighted by atomic mass is 16.6. The largest absolute Gasteiger partial charge is 0.453 e. The minimum Gasteiger partial charge on any atom is -0.453 e. The maximum Gasteiger partial charge on any atom is 0.374 e. The van der Waals surface area contributed by atoms with Crippen molar-refractivity contribution in [3.05, 3.63) is 0 Å². The Labute approximate surface area is 78.5 Å². The van der Waals surface area contributed by atoms with Crippen LogP contribution in [-0.4, -0.2) is 17.4 Å². The molecule has 0 unspecified atom stereocenters. The van der Waals surface area contributed by atoms with Crippen LogP contribution in [0.2, 0.25) is 0 Å². The summed E-state index contributed by atoms with van der Waals surface area (Å²) >= 11 is 0. The number of Topliss-reactive ketones (excluding diaryl/α,β-unsaturated/α-hetero) is 1. The molecule has 0 aliphatic heterocycles. The van der Waals surface area contributed by atoms with Gasteiger partial charge in [-0.2, -0.15) is 0 Å². The molecule has 3 nitrogen and oxygen atoms in total. The van der Waals surface area contributed by atoms with E-state index in [2.05, 4.69) is 0 Å². The molecule has 0 atom stereocenters. The molecule has 0 aromatic rings. The average Bonchev–Trinajstić information content (AvgIpc) is 2.54. The summed E-state index contributed by atoms with van der Waals surface area (Å²) in [7, 11) is 0. The molecule has 0 saturated heterocycles. The van der Waals surface area contributed by atoms with Crippen LogP contribution in [-0.2, 0) is 14.3 Å². The molecule has 0 spiro atoms. The van der Waals surface area contributed by atoms with Gasteiger partial charge in [0, 0.05) is 6.92 Å². The molecule has 1 rings (SSSR count). The van der Waals surface area contributed by atoms with Gasteiger partial charge >= 0.3 is 5.97 Å². The summed E-state index contributed by atoms with van der Waals surface area (Å²) in [5, 5.41) is 0. The maximum atomic E-state index is 11.1. The Balaban J connectivity index is 2.58. The Bertz CT molecular complexity index is 214. The van der Waals surface area contributed by atoms with Crippen LogP contribution in [0, 0.1) is 0 Å². The summed E-state index contributed by atoms with van der Waals surface area (Å²) in [4.78, 5) is 21.8. The lowest BCUT2D eigenvalue weighted by Gasteiger charge is -2.26. The monoisotopic (exact) mass is 184 g/mol. The van der Waals surface area contributed by atoms with Gasteiger partial charge in [0.25, 0.3) is 0 Å². The lowest BCUT2D eigenvalue weighted by molar-refractivity contribution is -0.165. The van der Waals surface area contributed by atoms with Crippen molar-refractivity contribution < 1.29 is 14.3 Å². The van der Waals surface area contributed by atoms with Crippen molar-refractivity contribution in [3.8, 4) is 0 Å². The predicted molar refractivity (Wildman–Crippen MR) is 48.3 cm³/mol. The molecule has 3 heteroatoms. The van der Waals surface area contributed by atoms with Crippen LogP contribution in [0.4, 0.5) is 0 Å². The molecular formula is C10H16O3. The third-order valence-electron chi connectivity index (χ3n) is 2.76. The van der Waals surface area contributed by atoms with Crippen molar-refractivity contribution in [1.82, 2.24) is 0 Å². The zero-order valence-corrected chi connectivity index (χ0v) is 8.26. The van der Waals surface area contributed by atoms with Crippen LogP contribution in [0.1, 0.15) is 46.0 Å². The van der Waals surface area contributed by atoms with E-state index in [1.807, 2.05) is 6.92 Å². The molecular weight excluding hydrogens is 168 g/mol. The van der Waals surface area contributed by atoms with Gasteiger partial charge in [-0.1, -0.05) is 6.92 Å². The van der Waals surface area contributed by atoms with Crippen LogP contribution in [0.15, 0.2) is 0 Å². The Hall–Kier alpha value is -0.860. The van der Waals surface area contributed by atoms with Crippen LogP contribution in [0.25, 0.3) is 0 Å². The van der Waals surface area contributed by atoms with E-state index in [1.54, 1.807) is 0 Å². The Morgan fingerprint density at radius 2 is 1.85 bits per heavy atom. The Morgan fingerprint density at radius 3 is 2.23 bits per heavy atom. The van der Waals surface area contributed by atoms with Crippen LogP contribution in [0.3, 0.4) is 0 Å². The van der Waals surface area contributed by atoms with Crippen molar-refractivity contribution in [2.45, 2.75) is 51.6 Å². The molecule has 74 valence electrons. The fourth-order valence-corrected chi connectivity index (χ4v) is 1.82. The minimum atomic E-state index is -0.677. The maximum absolute atomic E-state index is 11.1. The molecule has 0 aromatic heterocycles. The number of esters is 1. The molecule has 0 bridgehead atoms. The first kappa shape index (κ1) is 10.2. The highest BCUT2D eigenvalue weighted by Crippen LogP contribution is 2.35. The van der Waals surface area contributed by atoms with Gasteiger partial charge in [-0.05, 0) is 32.1 Å². The highest BCUT2D eigenvalue weighted by molar-refractivity contribution is 6.32. The number of carbonyl (C=O) groups is 2. The van der Waals surface area contributed by atoms with Gasteiger partial charge in [-0.25, -0.2) is 4.79 Å². The molecule has 1 aliphatic carbocycles. The van der Waals surface area contributed by atoms with E-state index in [4.69, 9.17) is 4.74 Å². The van der Waals surface area contributed by atoms with Gasteiger partial charge in [0.2, 0.25) is 5.78 Å². The van der Waals surface area contributed by atoms with Crippen molar-refractivity contribution in [2.24, 2.45) is 0 Å². The van der Waals surface area contributed by atoms with Gasteiger partial charge in [0.15, 0.2) is 0 Å². The molecule has 0 radical (unpaired) electrons. The fourth-order valence-electron chi connectivity index (χ4n) is 1.82. The van der Waals surface area contributed by atoms with Crippen molar-refractivity contribution in [2.75, 3.05) is 0 Å². The number of hydrogen-bond acceptors (Lipinski definition) is 3. The molecule has 1 aliphatic rings. The van der Waals surface area contributed by atoms with Gasteiger partial charge in [0.1, 0.15) is 5.60 Å². The van der Waals surface area contributed by atoms with Crippen LogP contribution < -0.4 is 0 Å². The normalized spacial score (nSPS) is 19.8. The summed E-state index contributed by atoms with van der Waals surface area (Å²) in [6.45, 7) is 3.25. The van der Waals surface area contributed by atoms with Gasteiger partial charge < -0.3 is 4.74 Å². The van der Waals surface area contributed by atoms with Crippen molar-refractivity contribution in [1.29, 1.82) is 0 Å². The van der Waals surface area contributed by atoms with Crippen LogP contribution in [0.5, 0.6) is 0 Å². The standard InChI is InChI=1S/C10H16O3/c1-3-10(6-4-5-7-10)13-9(12)8(2)11/h3-7H2,1-2H3. The number of ether oxygens (including phenoxy) is 1. The van der Waals surface area contributed by atoms with E-state index >= 15 is 0 Å². The van der Waals surface area contributed by atoms with E-state index < -0.39 is 11.8 Å². The smallest absolute Gasteiger partial charge is 0.374 e. The molecule has 0 N–H and O–H groups in total. The first-order chi connectivity index (χ1) is 6.09. The second kappa shape index (κ2) is 3.90. The molecule has 0 aromatic carbocycles. The zero-order chi connectivity index (χ0) is 9.90. The van der Waals surface area contributed by atoms with E-state index in [9.17, 15) is 9.59 Å². The molecule has 0 heterocycles. The summed E-state index contributed by atoms with van der Waals surface area (Å²) in [6.07, 6.45) is 4.81. The minimum absolute atomic E-state index is 0.331. The SMILES string of the molecule is CCC1(OC(=O)C(C)=O)CCCC1. The second-order valence-electron chi connectivity index (χ2n) is 3.69. The van der Waals surface area contributed by atoms with Gasteiger partial charge in [0.05, 0.1) is 0 Å². The predicted octanol–water partition coefficient (Wildman–Crippen LogP) is 1.84. The lowest BCUT2D eigenvalue weighted by Crippen LogP contribution is -2.33. The summed E-state index contributed by atoms with van der Waals surface area (Å²) in [5.41, 5.74) is -0.331. The second-order valence-corrected chi connectivity index (χ2v) is 3.69. The van der Waals surface area contributed by atoms with E-state index in [1.165, 1.54) is 6.92 Å². The van der Waals surface area contributed by atoms with Crippen molar-refractivity contribution in [3.63, 3.8) is 0 Å². The summed E-state index contributed by atoms with van der Waals surface area (Å²) in [5.74, 6) is -1.18. The Kier molecular flexibility index (Phi) is 3.07. The zero-order valence-electron chi connectivity index (χ0n) is 8.26. The first-order valence-corrected chi connectivity index (χ1v) is 4.83. The number of hydrogen-bond donors (Lipinski definition) is 0. The first-order valence-electron chi connectivity index (χ1n) is 4.83. The molecule has 1 fully saturated rings. The number of rotatable bonds is 3. The fraction of sp³-hybridized carbons (Fsp3) is 0.800. The van der Waals surface area contributed by atoms with Gasteiger partial charge in [-0.3, -0.25) is 4.79 Å². The van der Waals surface area contributed by atoms with E-state index in [0.29, 0.717) is 0 Å². The summed E-state index contributed by atoms with van der Waals surface area (Å²) < 4.78 is 5.22. The molecule has 1 saturated carbocycles. The van der Waals surface area contributed by atoms with Crippen molar-refractivity contribution >= 4 is 11.8 Å². The lowest BCUT2D eigenvalue weighted by atomic mass is 9.99. The third kappa shape index (κ3) is 2.29. The quantitative estimate of drug-likeness (QED) is 0.496. The topological polar surface area (TPSA) is 43.4 Å². The third-order valence-corrected chi connectivity index (χ3v) is 2.76. The van der Waals surface area contributed by atoms with Gasteiger partial charge in [-0.15, -0.1) is 0 Å². The van der Waals surface area contributed by atoms with E-state index in [-0.39, 0.29) is 5.60 Å². The average molecular weight is 184 g/mol. The summed E-state index contributed by atoms with van der Waals surface area (Å²) in [6, 6.07) is 0. The Morgan fingerprint density at radius 1 is 1.31 bits per heavy atom. The van der Waals surface area contributed by atoms with Crippen LogP contribution >= 0.6 is 0 Å². The number of carbonyl (C=O) groups excluding carboxylic acids is 2. The van der Waals surface area contributed by atoms with E-state index in [0.717, 1.165) is 32.1 Å². The number of ketones is 1.